The Morgan fingerprint density at radius 2 is 0.533 bits per heavy atom. The molecule has 18 nitrogen and oxygen atoms in total. The van der Waals surface area contributed by atoms with Gasteiger partial charge in [0.2, 0.25) is 41.4 Å². The van der Waals surface area contributed by atoms with Gasteiger partial charge in [-0.25, -0.2) is 0 Å². The number of ketones is 1. The molecule has 0 aliphatic heterocycles. The number of carbonyl (C=O) groups excluding carboxylic acids is 8. The topological polar surface area (TPSA) is 259 Å². The standard InChI is InChI=1S/C18H27NO2.C17H27NO3.C17H27NO2.2C17H27NO.C16H24ClNO.C16H25NO/c1-12(2)16(18(4,5)6)17(21)19-11-14-7-9-15(10-8-14)13(3)20;1-11(2)15(17(3,4)5)16(20)18-10-12-7-8-13(19)14(9-12)21-6;1-12(2)15(17(3,4)5)16(19)18-11-13-7-9-14(20-6)10-8-13;1-12(2)15(17(4,5)6)16(19)18-11-14-9-7-13(3)8-10-14;1-12(2)15(17(4,5)6)16(19)18-11-14-9-7-8-13(3)10-14;1-11(2)14(16(3,4)5)15(19)18-10-12-8-6-7-9-13(12)17;1-12(2)14(16(3,4)5)15(18)17-11-13-9-7-6-8-10-13/h7-10,12,16H,11H2,1-6H3,(H,19,21);7-9,11,15,19H,10H2,1-6H3,(H,18,20);7-10,12,15H,11H2,1-6H3,(H,18,19);2*7-10,12,15H,11H2,1-6H3,(H,18,19);6-9,11,14H,10H2,1-5H3,(H,18,19);6-10,12,14H,11H2,1-5H3,(H,17,18). The number of phenolic OH excluding ortho intramolecular Hbond substituents is 1. The highest BCUT2D eigenvalue weighted by Crippen LogP contribution is 2.39. The van der Waals surface area contributed by atoms with Crippen LogP contribution in [0, 0.1) is 135 Å². The Morgan fingerprint density at radius 3 is 0.803 bits per heavy atom. The summed E-state index contributed by atoms with van der Waals surface area (Å²) in [7, 11) is 3.15. The van der Waals surface area contributed by atoms with Crippen LogP contribution in [0.15, 0.2) is 170 Å². The first-order valence-corrected chi connectivity index (χ1v) is 49.8. The van der Waals surface area contributed by atoms with Gasteiger partial charge in [0.25, 0.3) is 0 Å². The number of Topliss-reactive ketones (excluding diaryl/α,β-unsaturated/α-hetero) is 1. The number of hydrogen-bond donors (Lipinski definition) is 8. The van der Waals surface area contributed by atoms with Gasteiger partial charge < -0.3 is 51.8 Å². The molecule has 0 bridgehead atoms. The maximum absolute atomic E-state index is 12.4. The Kier molecular flexibility index (Phi) is 53.3. The predicted octanol–water partition coefficient (Wildman–Crippen LogP) is 26.5. The van der Waals surface area contributed by atoms with Crippen molar-refractivity contribution in [3.63, 3.8) is 0 Å². The summed E-state index contributed by atoms with van der Waals surface area (Å²) >= 11 is 6.09. The first kappa shape index (κ1) is 125. The van der Waals surface area contributed by atoms with Crippen LogP contribution >= 0.6 is 11.6 Å². The normalized spacial score (nSPS) is 13.3. The lowest BCUT2D eigenvalue weighted by atomic mass is 9.74. The van der Waals surface area contributed by atoms with Gasteiger partial charge in [0.15, 0.2) is 17.3 Å². The fourth-order valence-electron chi connectivity index (χ4n) is 19.2. The van der Waals surface area contributed by atoms with Gasteiger partial charge in [0.05, 0.1) is 14.2 Å². The molecule has 7 unspecified atom stereocenters. The van der Waals surface area contributed by atoms with Gasteiger partial charge in [-0.05, 0) is 169 Å². The highest BCUT2D eigenvalue weighted by atomic mass is 35.5. The Morgan fingerprint density at radius 1 is 0.285 bits per heavy atom. The molecule has 7 atom stereocenters. The lowest BCUT2D eigenvalue weighted by Gasteiger charge is -2.32. The Labute approximate surface area is 835 Å². The maximum Gasteiger partial charge on any atom is 0.224 e. The summed E-state index contributed by atoms with van der Waals surface area (Å²) < 4.78 is 10.2. The minimum absolute atomic E-state index is 0.00464. The first-order chi connectivity index (χ1) is 63.0. The number of benzene rings is 7. The molecule has 0 saturated carbocycles. The van der Waals surface area contributed by atoms with E-state index in [1.54, 1.807) is 44.4 Å². The predicted molar refractivity (Wildman–Crippen MR) is 572 cm³/mol. The quantitative estimate of drug-likeness (QED) is 0.0190. The second kappa shape index (κ2) is 58.3. The number of phenols is 1. The van der Waals surface area contributed by atoms with E-state index in [-0.39, 0.29) is 138 Å². The van der Waals surface area contributed by atoms with Crippen molar-refractivity contribution in [2.75, 3.05) is 14.2 Å². The van der Waals surface area contributed by atoms with Gasteiger partial charge in [-0.3, -0.25) is 38.4 Å². The summed E-state index contributed by atoms with van der Waals surface area (Å²) in [6.45, 7) is 83.2. The highest BCUT2D eigenvalue weighted by molar-refractivity contribution is 6.31. The number of rotatable bonds is 31. The Hall–Kier alpha value is -9.81. The first-order valence-electron chi connectivity index (χ1n) is 49.4. The zero-order valence-electron chi connectivity index (χ0n) is 92.1. The van der Waals surface area contributed by atoms with Crippen LogP contribution in [-0.2, 0) is 79.4 Å². The van der Waals surface area contributed by atoms with Crippen molar-refractivity contribution in [1.82, 2.24) is 37.2 Å². The van der Waals surface area contributed by atoms with Gasteiger partial charge >= 0.3 is 0 Å². The summed E-state index contributed by atoms with van der Waals surface area (Å²) in [4.78, 5) is 97.9. The molecule has 0 radical (unpaired) electrons. The summed E-state index contributed by atoms with van der Waals surface area (Å²) in [5.41, 5.74) is 10.3. The average molecular weight is 1910 g/mol. The van der Waals surface area contributed by atoms with E-state index < -0.39 is 0 Å². The van der Waals surface area contributed by atoms with E-state index in [4.69, 9.17) is 21.1 Å². The smallest absolute Gasteiger partial charge is 0.224 e. The third kappa shape index (κ3) is 47.1. The van der Waals surface area contributed by atoms with E-state index in [1.807, 2.05) is 97.1 Å². The number of ether oxygens (including phenoxy) is 2. The molecule has 7 rings (SSSR count). The molecule has 0 fully saturated rings. The largest absolute Gasteiger partial charge is 0.504 e. The summed E-state index contributed by atoms with van der Waals surface area (Å²) in [6, 6.07) is 54.4. The molecule has 7 aromatic carbocycles. The van der Waals surface area contributed by atoms with Gasteiger partial charge in [-0.2, -0.15) is 0 Å². The van der Waals surface area contributed by atoms with Crippen LogP contribution in [0.1, 0.15) is 310 Å². The molecule has 0 aromatic heterocycles. The molecule has 0 spiro atoms. The average Bonchev–Trinajstić information content (AvgIpc) is 0.877. The molecular weight excluding hydrogens is 1730 g/mol. The third-order valence-corrected chi connectivity index (χ3v) is 24.6. The van der Waals surface area contributed by atoms with Crippen LogP contribution in [0.2, 0.25) is 5.02 Å². The zero-order chi connectivity index (χ0) is 105. The second-order valence-corrected chi connectivity index (χ2v) is 47.2. The van der Waals surface area contributed by atoms with E-state index >= 15 is 0 Å². The molecule has 137 heavy (non-hydrogen) atoms. The van der Waals surface area contributed by atoms with Gasteiger partial charge in [-0.15, -0.1) is 0 Å². The summed E-state index contributed by atoms with van der Waals surface area (Å²) in [5, 5.41) is 31.5. The number of aryl methyl sites for hydroxylation is 2. The number of methoxy groups -OCH3 is 2. The fraction of sp³-hybridized carbons (Fsp3) is 0.576. The molecule has 19 heteroatoms. The molecular formula is C118H184ClN7O11. The van der Waals surface area contributed by atoms with E-state index in [9.17, 15) is 43.5 Å². The van der Waals surface area contributed by atoms with Crippen LogP contribution in [0.3, 0.4) is 0 Å². The van der Waals surface area contributed by atoms with E-state index in [1.165, 1.54) is 18.2 Å². The van der Waals surface area contributed by atoms with Crippen LogP contribution in [0.4, 0.5) is 0 Å². The molecule has 0 aliphatic rings. The van der Waals surface area contributed by atoms with Gasteiger partial charge in [-0.1, -0.05) is 405 Å². The second-order valence-electron chi connectivity index (χ2n) is 46.8. The SMILES string of the molecule is CC(=O)c1ccc(CNC(=O)C(C(C)C)C(C)(C)C)cc1.CC(C)C(C(=O)NCc1ccccc1)C(C)(C)C.CC(C)C(C(=O)NCc1ccccc1Cl)C(C)(C)C.COc1cc(CNC(=O)C(C(C)C)C(C)(C)C)ccc1O.COc1ccc(CNC(=O)C(C(C)C)C(C)(C)C)cc1.Cc1ccc(CNC(=O)C(C(C)C)C(C)(C)C)cc1.Cc1cccc(CNC(=O)C(C(C)C)C(C)(C)C)c1. The van der Waals surface area contributed by atoms with Crippen LogP contribution < -0.4 is 46.7 Å². The van der Waals surface area contributed by atoms with Crippen LogP contribution in [-0.4, -0.2) is 66.5 Å². The van der Waals surface area contributed by atoms with Crippen molar-refractivity contribution in [3.05, 3.63) is 231 Å². The Balaban J connectivity index is 0.000000800. The Bertz CT molecular complexity index is 4750. The van der Waals surface area contributed by atoms with Crippen molar-refractivity contribution in [2.24, 2.45) is 121 Å². The van der Waals surface area contributed by atoms with Crippen molar-refractivity contribution in [3.8, 4) is 17.2 Å². The maximum atomic E-state index is 12.4. The number of halogens is 1. The van der Waals surface area contributed by atoms with E-state index in [0.717, 1.165) is 44.7 Å². The minimum Gasteiger partial charge on any atom is -0.504 e. The van der Waals surface area contributed by atoms with E-state index in [2.05, 4.69) is 336 Å². The number of hydrogen-bond acceptors (Lipinski definition) is 11. The number of amides is 7. The lowest BCUT2D eigenvalue weighted by molar-refractivity contribution is -0.131. The molecule has 0 aliphatic carbocycles. The van der Waals surface area contributed by atoms with Crippen molar-refractivity contribution >= 4 is 58.7 Å². The van der Waals surface area contributed by atoms with Gasteiger partial charge in [0, 0.05) is 97.8 Å². The minimum atomic E-state index is -0.0785. The van der Waals surface area contributed by atoms with Crippen molar-refractivity contribution in [1.29, 1.82) is 0 Å². The molecule has 0 saturated heterocycles. The number of nitrogens with one attached hydrogen (secondary N) is 7. The summed E-state index contributed by atoms with van der Waals surface area (Å²) in [5.74, 6) is 4.56. The fourth-order valence-corrected chi connectivity index (χ4v) is 19.4. The van der Waals surface area contributed by atoms with Gasteiger partial charge in [0.1, 0.15) is 5.75 Å². The molecule has 8 N–H and O–H groups in total. The zero-order valence-corrected chi connectivity index (χ0v) is 92.9. The van der Waals surface area contributed by atoms with Crippen molar-refractivity contribution in [2.45, 2.75) is 309 Å². The monoisotopic (exact) mass is 1910 g/mol. The lowest BCUT2D eigenvalue weighted by Crippen LogP contribution is -2.40. The molecule has 7 aromatic rings. The highest BCUT2D eigenvalue weighted by Gasteiger charge is 2.40. The summed E-state index contributed by atoms with van der Waals surface area (Å²) in [6.07, 6.45) is 0. The van der Waals surface area contributed by atoms with E-state index in [0.29, 0.717) is 97.7 Å². The molecule has 7 amide bonds. The third-order valence-electron chi connectivity index (χ3n) is 24.2. The number of aromatic hydroxyl groups is 1. The number of carbonyl (C=O) groups is 8. The van der Waals surface area contributed by atoms with Crippen molar-refractivity contribution < 1.29 is 52.9 Å². The molecule has 0 heterocycles. The molecule has 764 valence electrons. The van der Waals surface area contributed by atoms with Crippen LogP contribution in [0.25, 0.3) is 0 Å². The van der Waals surface area contributed by atoms with Crippen LogP contribution in [0.5, 0.6) is 17.2 Å².